The lowest BCUT2D eigenvalue weighted by molar-refractivity contribution is -0.385. The van der Waals surface area contributed by atoms with Gasteiger partial charge in [-0.1, -0.05) is 18.2 Å². The third kappa shape index (κ3) is 4.19. The fourth-order valence-electron chi connectivity index (χ4n) is 1.94. The van der Waals surface area contributed by atoms with Crippen molar-refractivity contribution in [1.29, 1.82) is 0 Å². The highest BCUT2D eigenvalue weighted by Crippen LogP contribution is 2.34. The summed E-state index contributed by atoms with van der Waals surface area (Å²) in [6.45, 7) is 2.25. The number of benzene rings is 2. The van der Waals surface area contributed by atoms with Crippen LogP contribution in [0, 0.1) is 10.1 Å². The fraction of sp³-hybridized carbons (Fsp3) is 0.188. The normalized spacial score (nSPS) is 10.5. The SMILES string of the molecule is CCOc1cc(C=NNc2ccccc2)c([N+](=O)[O-])cc1OC. The van der Waals surface area contributed by atoms with Crippen LogP contribution in [0.15, 0.2) is 47.6 Å². The molecule has 7 nitrogen and oxygen atoms in total. The molecule has 2 aromatic rings. The third-order valence-electron chi connectivity index (χ3n) is 2.98. The monoisotopic (exact) mass is 315 g/mol. The highest BCUT2D eigenvalue weighted by molar-refractivity contribution is 5.87. The molecule has 1 N–H and O–H groups in total. The Balaban J connectivity index is 2.31. The molecule has 0 saturated heterocycles. The molecule has 0 aliphatic heterocycles. The van der Waals surface area contributed by atoms with E-state index in [9.17, 15) is 10.1 Å². The van der Waals surface area contributed by atoms with E-state index in [0.717, 1.165) is 5.69 Å². The lowest BCUT2D eigenvalue weighted by Crippen LogP contribution is -2.01. The molecule has 0 aliphatic rings. The minimum Gasteiger partial charge on any atom is -0.493 e. The Bertz CT molecular complexity index is 702. The first-order chi connectivity index (χ1) is 11.2. The summed E-state index contributed by atoms with van der Waals surface area (Å²) in [5.41, 5.74) is 3.81. The van der Waals surface area contributed by atoms with Crippen LogP contribution in [0.25, 0.3) is 0 Å². The second-order valence-corrected chi connectivity index (χ2v) is 4.49. The lowest BCUT2D eigenvalue weighted by atomic mass is 10.1. The van der Waals surface area contributed by atoms with E-state index in [1.807, 2.05) is 37.3 Å². The van der Waals surface area contributed by atoms with E-state index in [1.54, 1.807) is 0 Å². The highest BCUT2D eigenvalue weighted by Gasteiger charge is 2.18. The molecular formula is C16H17N3O4. The average molecular weight is 315 g/mol. The molecule has 0 unspecified atom stereocenters. The van der Waals surface area contributed by atoms with Crippen molar-refractivity contribution < 1.29 is 14.4 Å². The smallest absolute Gasteiger partial charge is 0.282 e. The molecule has 0 fully saturated rings. The number of nitro benzene ring substituents is 1. The maximum atomic E-state index is 11.2. The number of hydrazone groups is 1. The standard InChI is InChI=1S/C16H17N3O4/c1-3-23-16-9-12(14(19(20)21)10-15(16)22-2)11-17-18-13-7-5-4-6-8-13/h4-11,18H,3H2,1-2H3. The summed E-state index contributed by atoms with van der Waals surface area (Å²) in [6, 6.07) is 12.2. The molecule has 0 saturated carbocycles. The predicted octanol–water partition coefficient (Wildman–Crippen LogP) is 3.45. The maximum absolute atomic E-state index is 11.2. The van der Waals surface area contributed by atoms with Gasteiger partial charge in [0.2, 0.25) is 0 Å². The topological polar surface area (TPSA) is 86.0 Å². The van der Waals surface area contributed by atoms with E-state index in [-0.39, 0.29) is 5.69 Å². The molecule has 0 heterocycles. The van der Waals surface area contributed by atoms with Crippen LogP contribution in [0.2, 0.25) is 0 Å². The number of hydrogen-bond donors (Lipinski definition) is 1. The van der Waals surface area contributed by atoms with Crippen LogP contribution < -0.4 is 14.9 Å². The number of nitro groups is 1. The summed E-state index contributed by atoms with van der Waals surface area (Å²) in [5.74, 6) is 0.744. The summed E-state index contributed by atoms with van der Waals surface area (Å²) in [4.78, 5) is 10.7. The lowest BCUT2D eigenvalue weighted by Gasteiger charge is -2.10. The van der Waals surface area contributed by atoms with Crippen molar-refractivity contribution >= 4 is 17.6 Å². The Morgan fingerprint density at radius 1 is 1.26 bits per heavy atom. The van der Waals surface area contributed by atoms with Crippen LogP contribution in [0.5, 0.6) is 11.5 Å². The minimum atomic E-state index is -0.484. The summed E-state index contributed by atoms with van der Waals surface area (Å²) in [7, 11) is 1.44. The molecule has 0 radical (unpaired) electrons. The van der Waals surface area contributed by atoms with E-state index in [1.165, 1.54) is 25.5 Å². The highest BCUT2D eigenvalue weighted by atomic mass is 16.6. The molecule has 0 bridgehead atoms. The largest absolute Gasteiger partial charge is 0.493 e. The van der Waals surface area contributed by atoms with Gasteiger partial charge in [-0.2, -0.15) is 5.10 Å². The van der Waals surface area contributed by atoms with Gasteiger partial charge in [0.25, 0.3) is 5.69 Å². The molecule has 0 atom stereocenters. The molecule has 0 spiro atoms. The van der Waals surface area contributed by atoms with E-state index in [2.05, 4.69) is 10.5 Å². The van der Waals surface area contributed by atoms with E-state index >= 15 is 0 Å². The van der Waals surface area contributed by atoms with Gasteiger partial charge in [-0.15, -0.1) is 0 Å². The van der Waals surface area contributed by atoms with Gasteiger partial charge in [-0.05, 0) is 25.1 Å². The number of hydrogen-bond acceptors (Lipinski definition) is 6. The van der Waals surface area contributed by atoms with Crippen LogP contribution >= 0.6 is 0 Å². The number of nitrogens with one attached hydrogen (secondary N) is 1. The van der Waals surface area contributed by atoms with Gasteiger partial charge < -0.3 is 9.47 Å². The van der Waals surface area contributed by atoms with Gasteiger partial charge in [0.15, 0.2) is 11.5 Å². The molecule has 0 aliphatic carbocycles. The Kier molecular flexibility index (Phi) is 5.51. The van der Waals surface area contributed by atoms with E-state index in [0.29, 0.717) is 23.7 Å². The number of anilines is 1. The zero-order chi connectivity index (χ0) is 16.7. The van der Waals surface area contributed by atoms with Crippen molar-refractivity contribution in [3.63, 3.8) is 0 Å². The van der Waals surface area contributed by atoms with Gasteiger partial charge >= 0.3 is 0 Å². The molecule has 0 aromatic heterocycles. The van der Waals surface area contributed by atoms with Gasteiger partial charge in [-0.3, -0.25) is 15.5 Å². The van der Waals surface area contributed by atoms with E-state index < -0.39 is 4.92 Å². The van der Waals surface area contributed by atoms with E-state index in [4.69, 9.17) is 9.47 Å². The van der Waals surface area contributed by atoms with Crippen molar-refractivity contribution in [2.45, 2.75) is 6.92 Å². The molecule has 2 aromatic carbocycles. The van der Waals surface area contributed by atoms with Gasteiger partial charge in [-0.25, -0.2) is 0 Å². The van der Waals surface area contributed by atoms with Gasteiger partial charge in [0.05, 0.1) is 42.2 Å². The maximum Gasteiger partial charge on any atom is 0.282 e. The summed E-state index contributed by atoms with van der Waals surface area (Å²) < 4.78 is 10.6. The zero-order valence-electron chi connectivity index (χ0n) is 12.9. The zero-order valence-corrected chi connectivity index (χ0v) is 12.9. The molecule has 2 rings (SSSR count). The number of nitrogens with zero attached hydrogens (tertiary/aromatic N) is 2. The van der Waals surface area contributed by atoms with Crippen molar-refractivity contribution in [3.8, 4) is 11.5 Å². The van der Waals surface area contributed by atoms with Gasteiger partial charge in [0.1, 0.15) is 0 Å². The third-order valence-corrected chi connectivity index (χ3v) is 2.98. The summed E-state index contributed by atoms with van der Waals surface area (Å²) in [6.07, 6.45) is 1.38. The number of methoxy groups -OCH3 is 1. The molecule has 23 heavy (non-hydrogen) atoms. The molecule has 120 valence electrons. The number of para-hydroxylation sites is 1. The van der Waals surface area contributed by atoms with Gasteiger partial charge in [0, 0.05) is 0 Å². The van der Waals surface area contributed by atoms with Crippen molar-refractivity contribution in [1.82, 2.24) is 0 Å². The Hall–Kier alpha value is -3.09. The second kappa shape index (κ2) is 7.79. The number of rotatable bonds is 7. The second-order valence-electron chi connectivity index (χ2n) is 4.49. The Morgan fingerprint density at radius 3 is 2.61 bits per heavy atom. The fourth-order valence-corrected chi connectivity index (χ4v) is 1.94. The Morgan fingerprint density at radius 2 is 2.00 bits per heavy atom. The van der Waals surface area contributed by atoms with Crippen LogP contribution in [-0.4, -0.2) is 24.9 Å². The van der Waals surface area contributed by atoms with Crippen LogP contribution in [-0.2, 0) is 0 Å². The first-order valence-electron chi connectivity index (χ1n) is 6.99. The molecule has 7 heteroatoms. The van der Waals surface area contributed by atoms with Crippen LogP contribution in [0.3, 0.4) is 0 Å². The molecular weight excluding hydrogens is 298 g/mol. The quantitative estimate of drug-likeness (QED) is 0.480. The Labute approximate surface area is 133 Å². The van der Waals surface area contributed by atoms with Crippen molar-refractivity contribution in [3.05, 3.63) is 58.1 Å². The average Bonchev–Trinajstić information content (AvgIpc) is 2.56. The van der Waals surface area contributed by atoms with Crippen LogP contribution in [0.1, 0.15) is 12.5 Å². The minimum absolute atomic E-state index is 0.107. The van der Waals surface area contributed by atoms with Crippen molar-refractivity contribution in [2.24, 2.45) is 5.10 Å². The number of ether oxygens (including phenoxy) is 2. The van der Waals surface area contributed by atoms with Crippen molar-refractivity contribution in [2.75, 3.05) is 19.1 Å². The first-order valence-corrected chi connectivity index (χ1v) is 6.99. The summed E-state index contributed by atoms with van der Waals surface area (Å²) >= 11 is 0. The molecule has 0 amide bonds. The summed E-state index contributed by atoms with van der Waals surface area (Å²) in [5, 5.41) is 15.3. The predicted molar refractivity (Wildman–Crippen MR) is 88.5 cm³/mol. The van der Waals surface area contributed by atoms with Crippen LogP contribution in [0.4, 0.5) is 11.4 Å². The first kappa shape index (κ1) is 16.3.